The van der Waals surface area contributed by atoms with Crippen molar-refractivity contribution >= 4 is 17.5 Å². The summed E-state index contributed by atoms with van der Waals surface area (Å²) in [6.07, 6.45) is 0.243. The Morgan fingerprint density at radius 1 is 1.21 bits per heavy atom. The third-order valence-electron chi connectivity index (χ3n) is 6.86. The van der Waals surface area contributed by atoms with Crippen molar-refractivity contribution in [3.05, 3.63) is 82.2 Å². The van der Waals surface area contributed by atoms with Gasteiger partial charge in [-0.05, 0) is 23.3 Å². The van der Waals surface area contributed by atoms with E-state index in [-0.39, 0.29) is 36.2 Å². The van der Waals surface area contributed by atoms with Crippen LogP contribution in [-0.2, 0) is 29.0 Å². The number of fused-ring (bicyclic) bond motifs is 4. The van der Waals surface area contributed by atoms with Gasteiger partial charge in [0.1, 0.15) is 11.9 Å². The molecule has 196 valence electrons. The maximum Gasteiger partial charge on any atom is 0.289 e. The highest BCUT2D eigenvalue weighted by Crippen LogP contribution is 2.40. The number of epoxide rings is 1. The second-order valence-corrected chi connectivity index (χ2v) is 9.31. The number of ether oxygens (including phenoxy) is 2. The van der Waals surface area contributed by atoms with Crippen molar-refractivity contribution in [2.24, 2.45) is 5.10 Å². The van der Waals surface area contributed by atoms with Crippen molar-refractivity contribution in [1.82, 2.24) is 30.4 Å². The lowest BCUT2D eigenvalue weighted by Crippen LogP contribution is -2.40. The van der Waals surface area contributed by atoms with Crippen LogP contribution in [-0.4, -0.2) is 70.2 Å². The highest BCUT2D eigenvalue weighted by atomic mass is 19.1. The first-order chi connectivity index (χ1) is 18.5. The van der Waals surface area contributed by atoms with Crippen molar-refractivity contribution in [1.29, 1.82) is 0 Å². The average Bonchev–Trinajstić information content (AvgIpc) is 3.61. The molecule has 38 heavy (non-hydrogen) atoms. The minimum absolute atomic E-state index is 0.0188. The molecule has 0 saturated carbocycles. The number of carbonyl (C=O) groups is 2. The van der Waals surface area contributed by atoms with Crippen LogP contribution in [0.1, 0.15) is 49.6 Å². The summed E-state index contributed by atoms with van der Waals surface area (Å²) in [4.78, 5) is 27.3. The third-order valence-corrected chi connectivity index (χ3v) is 6.86. The van der Waals surface area contributed by atoms with Crippen molar-refractivity contribution in [2.45, 2.75) is 31.8 Å². The predicted molar refractivity (Wildman–Crippen MR) is 133 cm³/mol. The Hall–Kier alpha value is -4.16. The van der Waals surface area contributed by atoms with Crippen LogP contribution in [0.3, 0.4) is 0 Å². The van der Waals surface area contributed by atoms with Gasteiger partial charge in [-0.15, -0.1) is 10.2 Å². The largest absolute Gasteiger partial charge is 0.383 e. The van der Waals surface area contributed by atoms with E-state index in [0.29, 0.717) is 38.5 Å². The molecule has 2 unspecified atom stereocenters. The molecule has 0 spiro atoms. The lowest BCUT2D eigenvalue weighted by molar-refractivity contribution is 0.0701. The monoisotopic (exact) mass is 519 g/mol. The summed E-state index contributed by atoms with van der Waals surface area (Å²) in [5.41, 5.74) is 6.60. The molecule has 11 nitrogen and oxygen atoms in total. The zero-order valence-electron chi connectivity index (χ0n) is 20.7. The van der Waals surface area contributed by atoms with Crippen molar-refractivity contribution in [3.63, 3.8) is 0 Å². The van der Waals surface area contributed by atoms with Crippen LogP contribution in [0.15, 0.2) is 47.6 Å². The lowest BCUT2D eigenvalue weighted by Gasteiger charge is -2.28. The highest BCUT2D eigenvalue weighted by molar-refractivity contribution is 6.04. The first kappa shape index (κ1) is 24.2. The fraction of sp³-hybridized carbons (Fsp3) is 0.346. The first-order valence-electron chi connectivity index (χ1n) is 12.4. The van der Waals surface area contributed by atoms with E-state index < -0.39 is 11.7 Å². The van der Waals surface area contributed by atoms with Gasteiger partial charge >= 0.3 is 0 Å². The molecule has 3 aliphatic heterocycles. The van der Waals surface area contributed by atoms with Gasteiger partial charge in [0.05, 0.1) is 24.4 Å². The second-order valence-electron chi connectivity index (χ2n) is 9.31. The SMILES string of the molecule is COCCNC(=O)c1nnc2n1CCN(C(=O)c1cc(CC3=NNC4OC4c4ccccc43)ccc1F)C2. The van der Waals surface area contributed by atoms with Gasteiger partial charge < -0.3 is 24.3 Å². The lowest BCUT2D eigenvalue weighted by atomic mass is 9.95. The highest BCUT2D eigenvalue weighted by Gasteiger charge is 2.43. The number of halogens is 1. The topological polar surface area (TPSA) is 126 Å². The number of hydrogen-bond acceptors (Lipinski definition) is 8. The van der Waals surface area contributed by atoms with Gasteiger partial charge in [-0.25, -0.2) is 4.39 Å². The van der Waals surface area contributed by atoms with Crippen LogP contribution in [0, 0.1) is 5.82 Å². The number of amides is 2. The second kappa shape index (κ2) is 9.95. The van der Waals surface area contributed by atoms with Gasteiger partial charge in [0.15, 0.2) is 12.1 Å². The number of hydrogen-bond donors (Lipinski definition) is 2. The Balaban J connectivity index is 1.18. The molecule has 1 saturated heterocycles. The fourth-order valence-corrected chi connectivity index (χ4v) is 4.85. The van der Waals surface area contributed by atoms with E-state index in [9.17, 15) is 14.0 Å². The molecule has 6 rings (SSSR count). The van der Waals surface area contributed by atoms with Crippen LogP contribution < -0.4 is 10.7 Å². The number of nitrogens with zero attached hydrogens (tertiary/aromatic N) is 5. The van der Waals surface area contributed by atoms with Gasteiger partial charge in [-0.1, -0.05) is 30.3 Å². The summed E-state index contributed by atoms with van der Waals surface area (Å²) in [6.45, 7) is 1.46. The maximum absolute atomic E-state index is 14.9. The van der Waals surface area contributed by atoms with E-state index in [1.807, 2.05) is 24.3 Å². The van der Waals surface area contributed by atoms with Crippen LogP contribution in [0.4, 0.5) is 4.39 Å². The van der Waals surface area contributed by atoms with Gasteiger partial charge in [0, 0.05) is 38.7 Å². The molecule has 1 fully saturated rings. The van der Waals surface area contributed by atoms with E-state index in [1.54, 1.807) is 23.8 Å². The van der Waals surface area contributed by atoms with E-state index in [4.69, 9.17) is 9.47 Å². The van der Waals surface area contributed by atoms with E-state index in [1.165, 1.54) is 11.0 Å². The third kappa shape index (κ3) is 4.52. The van der Waals surface area contributed by atoms with E-state index in [0.717, 1.165) is 22.4 Å². The Bertz CT molecular complexity index is 1440. The molecule has 0 bridgehead atoms. The number of hydrazone groups is 1. The molecule has 2 amide bonds. The van der Waals surface area contributed by atoms with E-state index in [2.05, 4.69) is 26.0 Å². The van der Waals surface area contributed by atoms with Gasteiger partial charge in [0.25, 0.3) is 11.8 Å². The number of aromatic nitrogens is 3. The summed E-state index contributed by atoms with van der Waals surface area (Å²) in [6, 6.07) is 12.5. The molecule has 3 aliphatic rings. The van der Waals surface area contributed by atoms with Crippen molar-refractivity contribution < 1.29 is 23.5 Å². The molecule has 3 aromatic rings. The molecule has 4 heterocycles. The molecule has 2 aromatic carbocycles. The molecular formula is C26H26FN7O4. The Kier molecular flexibility index (Phi) is 6.34. The predicted octanol–water partition coefficient (Wildman–Crippen LogP) is 1.40. The first-order valence-corrected chi connectivity index (χ1v) is 12.4. The standard InChI is InChI=1S/C26H26FN7O4/c1-37-11-8-28-24(35)23-31-30-21-14-33(9-10-34(21)23)26(36)18-12-15(6-7-19(18)27)13-20-16-4-2-3-5-17(16)22-25(38-22)32-29-20/h2-7,12,22,25,32H,8-11,13-14H2,1H3,(H,28,35). The summed E-state index contributed by atoms with van der Waals surface area (Å²) in [7, 11) is 1.55. The van der Waals surface area contributed by atoms with Crippen LogP contribution >= 0.6 is 0 Å². The Morgan fingerprint density at radius 3 is 2.95 bits per heavy atom. The summed E-state index contributed by atoms with van der Waals surface area (Å²) in [5.74, 6) is -0.756. The van der Waals surface area contributed by atoms with Crippen molar-refractivity contribution in [2.75, 3.05) is 26.8 Å². The Morgan fingerprint density at radius 2 is 2.08 bits per heavy atom. The average molecular weight is 520 g/mol. The summed E-state index contributed by atoms with van der Waals surface area (Å²) >= 11 is 0. The van der Waals surface area contributed by atoms with Crippen LogP contribution in [0.2, 0.25) is 0 Å². The molecular weight excluding hydrogens is 493 g/mol. The zero-order chi connectivity index (χ0) is 26.2. The number of nitrogens with one attached hydrogen (secondary N) is 2. The Labute approximate surface area is 217 Å². The molecule has 0 aliphatic carbocycles. The smallest absolute Gasteiger partial charge is 0.289 e. The normalized spacial score (nSPS) is 19.3. The van der Waals surface area contributed by atoms with Gasteiger partial charge in [-0.2, -0.15) is 5.10 Å². The zero-order valence-corrected chi connectivity index (χ0v) is 20.7. The fourth-order valence-electron chi connectivity index (χ4n) is 4.85. The van der Waals surface area contributed by atoms with Gasteiger partial charge in [-0.3, -0.25) is 15.0 Å². The number of benzene rings is 2. The maximum atomic E-state index is 14.9. The van der Waals surface area contributed by atoms with Crippen molar-refractivity contribution in [3.8, 4) is 0 Å². The number of carbonyl (C=O) groups excluding carboxylic acids is 2. The number of methoxy groups -OCH3 is 1. The molecule has 2 atom stereocenters. The number of rotatable bonds is 7. The minimum Gasteiger partial charge on any atom is -0.383 e. The molecule has 12 heteroatoms. The quantitative estimate of drug-likeness (QED) is 0.357. The summed E-state index contributed by atoms with van der Waals surface area (Å²) < 4.78 is 27.1. The van der Waals surface area contributed by atoms with Gasteiger partial charge in [0.2, 0.25) is 5.82 Å². The van der Waals surface area contributed by atoms with E-state index >= 15 is 0 Å². The molecule has 2 N–H and O–H groups in total. The molecule has 0 radical (unpaired) electrons. The minimum atomic E-state index is -0.597. The van der Waals surface area contributed by atoms with Crippen LogP contribution in [0.5, 0.6) is 0 Å². The molecule has 1 aromatic heterocycles. The summed E-state index contributed by atoms with van der Waals surface area (Å²) in [5, 5.41) is 15.3. The van der Waals surface area contributed by atoms with Crippen LogP contribution in [0.25, 0.3) is 0 Å².